The Balaban J connectivity index is 1.03. The van der Waals surface area contributed by atoms with E-state index in [1.54, 1.807) is 0 Å². The number of aromatic nitrogens is 4. The van der Waals surface area contributed by atoms with Crippen LogP contribution >= 0.6 is 0 Å². The molecule has 4 saturated heterocycles. The number of imidazole rings is 2. The van der Waals surface area contributed by atoms with E-state index in [-0.39, 0.29) is 48.8 Å². The Labute approximate surface area is 377 Å². The number of fused-ring (bicyclic) bond motifs is 2. The summed E-state index contributed by atoms with van der Waals surface area (Å²) in [5.41, 5.74) is 15.8. The SMILES string of the molecule is Cc1c(-c2cc(F)c3nc([C@@H]4CC5(CN4C(C(=O)OC(N)=O)C(C)C)OCCO5)[nH]c3c2)ccc(-c2cc(F)c3nc([C@@H]4CC5(CN4C(C(=O)OC(N)=O)C(C)C)OCCO5)[nH]c3c2)c1C. The standard InChI is InChI=1S/C46H52F2N8O10/c1-21(2)37(41(57)65-43(49)59)55-19-45(61-9-10-62-45)17-33(55)39-51-31-15-25(13-29(47)35(31)53-39)27-7-8-28(24(6)23(27)5)26-14-30(48)36-32(16-26)52-40(54-36)34-18-46(63-11-12-64-46)20-56(34)38(22(3)4)42(58)66-44(50)60/h7-8,13-16,21-22,33-34,37-38H,9-12,17-20H2,1-6H3,(H2,49,59)(H2,50,60)(H,51,53)(H,52,54)/t33-,34-,37?,38?/m0/s1. The van der Waals surface area contributed by atoms with Gasteiger partial charge in [-0.1, -0.05) is 39.8 Å². The zero-order valence-corrected chi connectivity index (χ0v) is 37.4. The molecule has 2 amide bonds. The fourth-order valence-corrected chi connectivity index (χ4v) is 10.4. The summed E-state index contributed by atoms with van der Waals surface area (Å²) in [4.78, 5) is 69.3. The van der Waals surface area contributed by atoms with E-state index in [4.69, 9.17) is 39.9 Å². The van der Waals surface area contributed by atoms with Crippen LogP contribution < -0.4 is 11.5 Å². The number of likely N-dealkylation sites (tertiary alicyclic amines) is 2. The lowest BCUT2D eigenvalue weighted by atomic mass is 9.90. The topological polar surface area (TPSA) is 240 Å². The average molecular weight is 915 g/mol. The Morgan fingerprint density at radius 3 is 1.36 bits per heavy atom. The minimum absolute atomic E-state index is 0.0990. The van der Waals surface area contributed by atoms with Crippen molar-refractivity contribution in [2.45, 2.75) is 90.1 Å². The minimum Gasteiger partial charge on any atom is -0.375 e. The third kappa shape index (κ3) is 8.08. The zero-order chi connectivity index (χ0) is 47.0. The van der Waals surface area contributed by atoms with E-state index in [0.29, 0.717) is 60.2 Å². The van der Waals surface area contributed by atoms with Gasteiger partial charge in [0.05, 0.1) is 62.6 Å². The van der Waals surface area contributed by atoms with E-state index < -0.39 is 71.5 Å². The zero-order valence-electron chi connectivity index (χ0n) is 37.4. The van der Waals surface area contributed by atoms with Crippen LogP contribution in [0.15, 0.2) is 36.4 Å². The number of nitrogens with one attached hydrogen (secondary N) is 2. The highest BCUT2D eigenvalue weighted by molar-refractivity contribution is 5.89. The number of amides is 2. The number of esters is 2. The highest BCUT2D eigenvalue weighted by atomic mass is 19.1. The maximum Gasteiger partial charge on any atom is 0.412 e. The molecule has 9 rings (SSSR count). The van der Waals surface area contributed by atoms with Crippen LogP contribution in [0.25, 0.3) is 44.3 Å². The van der Waals surface area contributed by atoms with Gasteiger partial charge >= 0.3 is 24.1 Å². The molecule has 2 unspecified atom stereocenters. The number of nitrogens with zero attached hydrogens (tertiary/aromatic N) is 4. The van der Waals surface area contributed by atoms with Crippen LogP contribution in [0.2, 0.25) is 0 Å². The molecule has 2 aromatic heterocycles. The predicted molar refractivity (Wildman–Crippen MR) is 232 cm³/mol. The molecule has 6 heterocycles. The molecule has 0 radical (unpaired) electrons. The normalized spacial score (nSPS) is 21.5. The van der Waals surface area contributed by atoms with Crippen LogP contribution in [0.3, 0.4) is 0 Å². The highest BCUT2D eigenvalue weighted by Gasteiger charge is 2.55. The molecule has 0 aliphatic carbocycles. The molecule has 5 aromatic rings. The van der Waals surface area contributed by atoms with Crippen molar-refractivity contribution in [2.75, 3.05) is 39.5 Å². The Morgan fingerprint density at radius 2 is 1.03 bits per heavy atom. The first-order valence-electron chi connectivity index (χ1n) is 22.0. The van der Waals surface area contributed by atoms with Gasteiger partial charge in [0.15, 0.2) is 23.2 Å². The quantitative estimate of drug-likeness (QED) is 0.0937. The molecule has 6 N–H and O–H groups in total. The molecule has 20 heteroatoms. The number of H-pyrrole nitrogens is 2. The van der Waals surface area contributed by atoms with E-state index in [1.165, 1.54) is 12.1 Å². The lowest BCUT2D eigenvalue weighted by Gasteiger charge is -2.32. The van der Waals surface area contributed by atoms with E-state index in [2.05, 4.69) is 19.9 Å². The average Bonchev–Trinajstić information content (AvgIpc) is 4.10. The summed E-state index contributed by atoms with van der Waals surface area (Å²) >= 11 is 0. The van der Waals surface area contributed by atoms with Gasteiger partial charge in [0.1, 0.15) is 34.8 Å². The maximum atomic E-state index is 16.2. The third-order valence-corrected chi connectivity index (χ3v) is 13.3. The van der Waals surface area contributed by atoms with E-state index >= 15 is 8.78 Å². The number of benzene rings is 3. The van der Waals surface area contributed by atoms with Crippen LogP contribution in [0, 0.1) is 37.3 Å². The number of carbonyl (C=O) groups excluding carboxylic acids is 4. The van der Waals surface area contributed by atoms with E-state index in [9.17, 15) is 19.2 Å². The number of rotatable bonds is 10. The van der Waals surface area contributed by atoms with Crippen molar-refractivity contribution in [1.82, 2.24) is 29.7 Å². The summed E-state index contributed by atoms with van der Waals surface area (Å²) in [5.74, 6) is -4.76. The summed E-state index contributed by atoms with van der Waals surface area (Å²) in [5, 5.41) is 0. The molecule has 0 saturated carbocycles. The molecule has 66 heavy (non-hydrogen) atoms. The second kappa shape index (κ2) is 17.1. The van der Waals surface area contributed by atoms with Crippen molar-refractivity contribution >= 4 is 46.2 Å². The summed E-state index contributed by atoms with van der Waals surface area (Å²) in [6.07, 6.45) is -1.88. The first-order valence-corrected chi connectivity index (χ1v) is 22.0. The molecule has 18 nitrogen and oxygen atoms in total. The maximum absolute atomic E-state index is 16.2. The van der Waals surface area contributed by atoms with Gasteiger partial charge in [-0.15, -0.1) is 0 Å². The number of halogens is 2. The highest BCUT2D eigenvalue weighted by Crippen LogP contribution is 2.47. The lowest BCUT2D eigenvalue weighted by Crippen LogP contribution is -2.48. The number of hydrogen-bond acceptors (Lipinski definition) is 14. The van der Waals surface area contributed by atoms with Gasteiger partial charge in [0.2, 0.25) is 0 Å². The molecule has 4 aliphatic rings. The monoisotopic (exact) mass is 914 g/mol. The molecule has 350 valence electrons. The number of aromatic amines is 2. The van der Waals surface area contributed by atoms with Crippen LogP contribution in [-0.4, -0.2) is 117 Å². The largest absolute Gasteiger partial charge is 0.412 e. The summed E-state index contributed by atoms with van der Waals surface area (Å²) in [6.45, 7) is 12.9. The van der Waals surface area contributed by atoms with Crippen LogP contribution in [0.4, 0.5) is 18.4 Å². The Bertz CT molecular complexity index is 2580. The smallest absolute Gasteiger partial charge is 0.375 e. The second-order valence-corrected chi connectivity index (χ2v) is 18.2. The van der Waals surface area contributed by atoms with Crippen molar-refractivity contribution in [3.8, 4) is 22.3 Å². The predicted octanol–water partition coefficient (Wildman–Crippen LogP) is 5.94. The molecule has 2 spiro atoms. The lowest BCUT2D eigenvalue weighted by molar-refractivity contribution is -0.156. The van der Waals surface area contributed by atoms with Crippen LogP contribution in [-0.2, 0) is 38.0 Å². The van der Waals surface area contributed by atoms with Gasteiger partial charge in [-0.25, -0.2) is 37.9 Å². The number of hydrogen-bond donors (Lipinski definition) is 4. The van der Waals surface area contributed by atoms with Gasteiger partial charge in [-0.2, -0.15) is 0 Å². The molecule has 4 atom stereocenters. The van der Waals surface area contributed by atoms with Crippen molar-refractivity contribution in [1.29, 1.82) is 0 Å². The molecule has 4 aliphatic heterocycles. The molecule has 4 fully saturated rings. The fourth-order valence-electron chi connectivity index (χ4n) is 10.4. The minimum atomic E-state index is -1.22. The van der Waals surface area contributed by atoms with Gasteiger partial charge in [-0.05, 0) is 83.3 Å². The third-order valence-electron chi connectivity index (χ3n) is 13.3. The Kier molecular flexibility index (Phi) is 11.7. The Hall–Kier alpha value is -5.90. The van der Waals surface area contributed by atoms with Crippen molar-refractivity contribution in [2.24, 2.45) is 23.3 Å². The van der Waals surface area contributed by atoms with E-state index in [1.807, 2.05) is 75.6 Å². The van der Waals surface area contributed by atoms with Gasteiger partial charge in [-0.3, -0.25) is 9.80 Å². The Morgan fingerprint density at radius 1 is 0.667 bits per heavy atom. The van der Waals surface area contributed by atoms with Crippen molar-refractivity contribution in [3.05, 3.63) is 70.8 Å². The van der Waals surface area contributed by atoms with E-state index in [0.717, 1.165) is 22.3 Å². The summed E-state index contributed by atoms with van der Waals surface area (Å²) in [6, 6.07) is 7.12. The van der Waals surface area contributed by atoms with Crippen LogP contribution in [0.1, 0.15) is 75.4 Å². The van der Waals surface area contributed by atoms with Gasteiger partial charge in [0.25, 0.3) is 0 Å². The summed E-state index contributed by atoms with van der Waals surface area (Å²) < 4.78 is 66.2. The number of ether oxygens (including phenoxy) is 6. The number of carbonyl (C=O) groups is 4. The molecular weight excluding hydrogens is 863 g/mol. The molecule has 0 bridgehead atoms. The first-order chi connectivity index (χ1) is 31.4. The van der Waals surface area contributed by atoms with Crippen molar-refractivity contribution in [3.63, 3.8) is 0 Å². The molecule has 3 aromatic carbocycles. The fraction of sp³-hybridized carbons (Fsp3) is 0.478. The molecular formula is C46H52F2N8O10. The first kappa shape index (κ1) is 45.3. The van der Waals surface area contributed by atoms with Crippen molar-refractivity contribution < 1.29 is 56.4 Å². The van der Waals surface area contributed by atoms with Gasteiger partial charge in [0, 0.05) is 12.8 Å². The number of nitrogens with two attached hydrogens (primary N) is 2. The second-order valence-electron chi connectivity index (χ2n) is 18.2. The number of primary amides is 2. The van der Waals surface area contributed by atoms with Gasteiger partial charge < -0.3 is 49.9 Å². The van der Waals surface area contributed by atoms with Crippen LogP contribution in [0.5, 0.6) is 0 Å². The summed E-state index contributed by atoms with van der Waals surface area (Å²) in [7, 11) is 0.